The minimum atomic E-state index is -1.05. The van der Waals surface area contributed by atoms with Crippen molar-refractivity contribution in [3.63, 3.8) is 0 Å². The van der Waals surface area contributed by atoms with Crippen molar-refractivity contribution >= 4 is 39.4 Å². The molecule has 2 aromatic carbocycles. The van der Waals surface area contributed by atoms with Crippen LogP contribution in [0.4, 0.5) is 4.79 Å². The van der Waals surface area contributed by atoms with Crippen molar-refractivity contribution in [2.45, 2.75) is 31.3 Å². The maximum Gasteiger partial charge on any atom is 0.325 e. The van der Waals surface area contributed by atoms with Crippen LogP contribution in [0, 0.1) is 0 Å². The van der Waals surface area contributed by atoms with Gasteiger partial charge in [0.15, 0.2) is 0 Å². The van der Waals surface area contributed by atoms with Gasteiger partial charge in [-0.1, -0.05) is 36.4 Å². The average Bonchev–Trinajstić information content (AvgIpc) is 3.44. The van der Waals surface area contributed by atoms with Crippen LogP contribution >= 0.6 is 11.3 Å². The van der Waals surface area contributed by atoms with Crippen LogP contribution in [-0.4, -0.2) is 46.2 Å². The Labute approximate surface area is 183 Å². The van der Waals surface area contributed by atoms with E-state index in [1.165, 1.54) is 11.3 Å². The zero-order chi connectivity index (χ0) is 21.8. The number of urea groups is 1. The van der Waals surface area contributed by atoms with Crippen LogP contribution in [0.5, 0.6) is 0 Å². The summed E-state index contributed by atoms with van der Waals surface area (Å²) in [5.74, 6) is -0.657. The van der Waals surface area contributed by atoms with E-state index in [9.17, 15) is 14.4 Å². The molecule has 2 heterocycles. The number of hydrogen-bond donors (Lipinski definition) is 1. The number of para-hydroxylation sites is 1. The summed E-state index contributed by atoms with van der Waals surface area (Å²) in [6.07, 6.45) is 1.23. The number of aryl methyl sites for hydroxylation is 1. The number of thiazole rings is 1. The number of benzene rings is 2. The van der Waals surface area contributed by atoms with Crippen LogP contribution in [0.25, 0.3) is 10.2 Å². The van der Waals surface area contributed by atoms with Crippen LogP contribution in [0.15, 0.2) is 48.5 Å². The van der Waals surface area contributed by atoms with Gasteiger partial charge in [0.25, 0.3) is 5.91 Å². The molecule has 2 atom stereocenters. The summed E-state index contributed by atoms with van der Waals surface area (Å²) in [6.45, 7) is 1.61. The predicted molar refractivity (Wildman–Crippen MR) is 117 cm³/mol. The summed E-state index contributed by atoms with van der Waals surface area (Å²) in [5.41, 5.74) is 1.74. The Morgan fingerprint density at radius 3 is 2.77 bits per heavy atom. The highest BCUT2D eigenvalue weighted by molar-refractivity contribution is 7.18. The molecule has 7 nitrogen and oxygen atoms in total. The first-order valence-electron chi connectivity index (χ1n) is 10.2. The van der Waals surface area contributed by atoms with Gasteiger partial charge in [-0.3, -0.25) is 14.5 Å². The molecular formula is C23H22N4O3S. The van der Waals surface area contributed by atoms with Crippen molar-refractivity contribution in [2.24, 2.45) is 0 Å². The monoisotopic (exact) mass is 434 g/mol. The Bertz CT molecular complexity index is 1190. The van der Waals surface area contributed by atoms with Crippen molar-refractivity contribution < 1.29 is 14.4 Å². The minimum absolute atomic E-state index is 0.271. The van der Waals surface area contributed by atoms with Crippen LogP contribution < -0.4 is 5.32 Å². The molecule has 1 fully saturated rings. The fourth-order valence-electron chi connectivity index (χ4n) is 4.43. The van der Waals surface area contributed by atoms with Crippen LogP contribution in [0.2, 0.25) is 0 Å². The second-order valence-electron chi connectivity index (χ2n) is 8.08. The molecule has 0 bridgehead atoms. The number of nitrogens with zero attached hydrogens (tertiary/aromatic N) is 3. The first kappa shape index (κ1) is 19.7. The van der Waals surface area contributed by atoms with E-state index in [0.717, 1.165) is 37.7 Å². The summed E-state index contributed by atoms with van der Waals surface area (Å²) in [6, 6.07) is 14.7. The number of carbonyl (C=O) groups is 3. The van der Waals surface area contributed by atoms with Crippen molar-refractivity contribution in [1.82, 2.24) is 20.1 Å². The van der Waals surface area contributed by atoms with Crippen molar-refractivity contribution in [3.05, 3.63) is 64.7 Å². The Morgan fingerprint density at radius 1 is 1.23 bits per heavy atom. The third-order valence-electron chi connectivity index (χ3n) is 6.36. The molecule has 1 aliphatic carbocycles. The SMILES string of the molecule is C[C@@H](c1nc2ccccc2s1)N(C)C(=O)CN1C(=O)N[C@@]2(CCc3ccccc32)C1=O. The Kier molecular flexibility index (Phi) is 4.55. The third kappa shape index (κ3) is 3.01. The number of fused-ring (bicyclic) bond motifs is 3. The Hall–Kier alpha value is -3.26. The number of aromatic nitrogens is 1. The van der Waals surface area contributed by atoms with Gasteiger partial charge in [-0.25, -0.2) is 9.78 Å². The fourth-order valence-corrected chi connectivity index (χ4v) is 5.49. The number of likely N-dealkylation sites (N-methyl/N-ethyl adjacent to an activating group) is 1. The molecular weight excluding hydrogens is 412 g/mol. The quantitative estimate of drug-likeness (QED) is 0.640. The molecule has 5 rings (SSSR count). The molecule has 1 aromatic heterocycles. The molecule has 2 aliphatic rings. The molecule has 0 radical (unpaired) electrons. The smallest absolute Gasteiger partial charge is 0.325 e. The van der Waals surface area contributed by atoms with E-state index in [1.54, 1.807) is 11.9 Å². The number of nitrogens with one attached hydrogen (secondary N) is 1. The number of hydrogen-bond acceptors (Lipinski definition) is 5. The molecule has 158 valence electrons. The van der Waals surface area contributed by atoms with Gasteiger partial charge in [0.1, 0.15) is 17.1 Å². The van der Waals surface area contributed by atoms with Gasteiger partial charge in [-0.2, -0.15) is 0 Å². The normalized spacial score (nSPS) is 20.9. The summed E-state index contributed by atoms with van der Waals surface area (Å²) in [5, 5.41) is 3.68. The van der Waals surface area contributed by atoms with Gasteiger partial charge in [0.05, 0.1) is 16.3 Å². The van der Waals surface area contributed by atoms with Crippen LogP contribution in [0.3, 0.4) is 0 Å². The Morgan fingerprint density at radius 2 is 1.97 bits per heavy atom. The van der Waals surface area contributed by atoms with E-state index in [4.69, 9.17) is 0 Å². The molecule has 8 heteroatoms. The number of rotatable bonds is 4. The fraction of sp³-hybridized carbons (Fsp3) is 0.304. The van der Waals surface area contributed by atoms with E-state index in [0.29, 0.717) is 6.42 Å². The van der Waals surface area contributed by atoms with Gasteiger partial charge < -0.3 is 10.2 Å². The molecule has 0 unspecified atom stereocenters. The number of amides is 4. The van der Waals surface area contributed by atoms with E-state index in [2.05, 4.69) is 10.3 Å². The highest BCUT2D eigenvalue weighted by atomic mass is 32.1. The van der Waals surface area contributed by atoms with Gasteiger partial charge in [0.2, 0.25) is 5.91 Å². The van der Waals surface area contributed by atoms with Gasteiger partial charge in [-0.05, 0) is 43.0 Å². The zero-order valence-corrected chi connectivity index (χ0v) is 18.1. The first-order valence-corrected chi connectivity index (χ1v) is 11.1. The lowest BCUT2D eigenvalue weighted by atomic mass is 9.92. The largest absolute Gasteiger partial charge is 0.335 e. The second kappa shape index (κ2) is 7.16. The average molecular weight is 435 g/mol. The molecule has 4 amide bonds. The highest BCUT2D eigenvalue weighted by Crippen LogP contribution is 2.41. The van der Waals surface area contributed by atoms with Crippen LogP contribution in [0.1, 0.15) is 35.5 Å². The molecule has 1 aliphatic heterocycles. The van der Waals surface area contributed by atoms with Gasteiger partial charge in [-0.15, -0.1) is 11.3 Å². The predicted octanol–water partition coefficient (Wildman–Crippen LogP) is 3.21. The summed E-state index contributed by atoms with van der Waals surface area (Å²) < 4.78 is 1.06. The van der Waals surface area contributed by atoms with Crippen molar-refractivity contribution in [1.29, 1.82) is 0 Å². The van der Waals surface area contributed by atoms with E-state index < -0.39 is 11.6 Å². The zero-order valence-electron chi connectivity index (χ0n) is 17.3. The maximum atomic E-state index is 13.3. The molecule has 1 saturated heterocycles. The molecule has 1 N–H and O–H groups in total. The Balaban J connectivity index is 1.34. The van der Waals surface area contributed by atoms with Crippen molar-refractivity contribution in [2.75, 3.05) is 13.6 Å². The van der Waals surface area contributed by atoms with Crippen LogP contribution in [-0.2, 0) is 21.5 Å². The lowest BCUT2D eigenvalue weighted by Gasteiger charge is -2.26. The second-order valence-corrected chi connectivity index (χ2v) is 9.15. The standard InChI is InChI=1S/C23H22N4O3S/c1-14(20-24-17-9-5-6-10-18(17)31-20)26(2)19(28)13-27-21(29)23(25-22(27)30)12-11-15-7-3-4-8-16(15)23/h3-10,14H,11-13H2,1-2H3,(H,25,30)/t14-,23+/m0/s1. The highest BCUT2D eigenvalue weighted by Gasteiger charge is 2.55. The number of carbonyl (C=O) groups excluding carboxylic acids is 3. The lowest BCUT2D eigenvalue weighted by molar-refractivity contribution is -0.139. The van der Waals surface area contributed by atoms with Crippen molar-refractivity contribution in [3.8, 4) is 0 Å². The minimum Gasteiger partial charge on any atom is -0.335 e. The van der Waals surface area contributed by atoms with Gasteiger partial charge >= 0.3 is 6.03 Å². The first-order chi connectivity index (χ1) is 14.9. The topological polar surface area (TPSA) is 82.6 Å². The maximum absolute atomic E-state index is 13.3. The number of imide groups is 1. The van der Waals surface area contributed by atoms with E-state index in [-0.39, 0.29) is 24.4 Å². The van der Waals surface area contributed by atoms with E-state index >= 15 is 0 Å². The third-order valence-corrected chi connectivity index (χ3v) is 7.56. The summed E-state index contributed by atoms with van der Waals surface area (Å²) in [4.78, 5) is 46.2. The lowest BCUT2D eigenvalue weighted by Crippen LogP contribution is -2.44. The van der Waals surface area contributed by atoms with E-state index in [1.807, 2.05) is 55.5 Å². The molecule has 0 saturated carbocycles. The summed E-state index contributed by atoms with van der Waals surface area (Å²) in [7, 11) is 1.68. The summed E-state index contributed by atoms with van der Waals surface area (Å²) >= 11 is 1.54. The van der Waals surface area contributed by atoms with Gasteiger partial charge in [0, 0.05) is 7.05 Å². The molecule has 1 spiro atoms. The molecule has 31 heavy (non-hydrogen) atoms. The molecule has 3 aromatic rings.